The molecule has 2 nitrogen and oxygen atoms in total. The second-order valence-electron chi connectivity index (χ2n) is 1.84. The van der Waals surface area contributed by atoms with Crippen LogP contribution in [0, 0.1) is 0 Å². The van der Waals surface area contributed by atoms with Crippen molar-refractivity contribution in [2.75, 3.05) is 7.11 Å². The van der Waals surface area contributed by atoms with Crippen LogP contribution in [0.15, 0.2) is 18.3 Å². The number of hydrogen-bond donors (Lipinski definition) is 0. The van der Waals surface area contributed by atoms with E-state index in [2.05, 4.69) is 20.9 Å². The highest BCUT2D eigenvalue weighted by Crippen LogP contribution is 2.10. The normalized spacial score (nSPS) is 8.55. The Hall–Kier alpha value is -0.0900. The van der Waals surface area contributed by atoms with Gasteiger partial charge in [-0.3, -0.25) is 0 Å². The first-order chi connectivity index (χ1) is 4.86. The summed E-state index contributed by atoms with van der Waals surface area (Å²) in [7, 11) is 1.61. The third kappa shape index (κ3) is 3.20. The van der Waals surface area contributed by atoms with Crippen LogP contribution in [-0.2, 0) is 5.33 Å². The lowest BCUT2D eigenvalue weighted by molar-refractivity contribution is 0.397. The van der Waals surface area contributed by atoms with Crippen LogP contribution in [0.25, 0.3) is 0 Å². The Morgan fingerprint density at radius 1 is 1.64 bits per heavy atom. The molecule has 0 amide bonds. The van der Waals surface area contributed by atoms with Crippen LogP contribution in [0.2, 0.25) is 0 Å². The Morgan fingerprint density at radius 2 is 2.36 bits per heavy atom. The van der Waals surface area contributed by atoms with E-state index in [1.165, 1.54) is 5.56 Å². The molecular formula is C7H9Br2NO. The highest BCUT2D eigenvalue weighted by molar-refractivity contribution is 9.08. The first-order valence-electron chi connectivity index (χ1n) is 2.91. The van der Waals surface area contributed by atoms with Crippen molar-refractivity contribution in [3.8, 4) is 5.88 Å². The van der Waals surface area contributed by atoms with Gasteiger partial charge in [0.05, 0.1) is 7.11 Å². The first-order valence-corrected chi connectivity index (χ1v) is 4.04. The number of alkyl halides is 1. The van der Waals surface area contributed by atoms with Gasteiger partial charge in [-0.25, -0.2) is 4.98 Å². The summed E-state index contributed by atoms with van der Waals surface area (Å²) in [6.45, 7) is 0. The van der Waals surface area contributed by atoms with Crippen molar-refractivity contribution in [3.63, 3.8) is 0 Å². The van der Waals surface area contributed by atoms with E-state index >= 15 is 0 Å². The zero-order valence-corrected chi connectivity index (χ0v) is 9.38. The molecule has 0 unspecified atom stereocenters. The lowest BCUT2D eigenvalue weighted by Crippen LogP contribution is -1.87. The molecule has 1 rings (SSSR count). The van der Waals surface area contributed by atoms with Gasteiger partial charge in [0.1, 0.15) is 0 Å². The molecule has 62 valence electrons. The molecule has 0 radical (unpaired) electrons. The van der Waals surface area contributed by atoms with Crippen LogP contribution in [0.5, 0.6) is 5.88 Å². The van der Waals surface area contributed by atoms with Gasteiger partial charge in [0.25, 0.3) is 0 Å². The third-order valence-electron chi connectivity index (χ3n) is 1.16. The zero-order valence-electron chi connectivity index (χ0n) is 6.08. The summed E-state index contributed by atoms with van der Waals surface area (Å²) in [6, 6.07) is 3.84. The number of aromatic nitrogens is 1. The van der Waals surface area contributed by atoms with E-state index in [0.29, 0.717) is 5.88 Å². The largest absolute Gasteiger partial charge is 0.481 e. The Labute approximate surface area is 84.9 Å². The van der Waals surface area contributed by atoms with Crippen molar-refractivity contribution in [2.24, 2.45) is 0 Å². The van der Waals surface area contributed by atoms with Gasteiger partial charge in [-0.2, -0.15) is 0 Å². The van der Waals surface area contributed by atoms with Crippen LogP contribution in [0.3, 0.4) is 0 Å². The predicted octanol–water partition coefficient (Wildman–Crippen LogP) is 2.56. The second-order valence-corrected chi connectivity index (χ2v) is 2.40. The number of ether oxygens (including phenoxy) is 1. The van der Waals surface area contributed by atoms with Crippen LogP contribution >= 0.6 is 32.9 Å². The number of methoxy groups -OCH3 is 1. The third-order valence-corrected chi connectivity index (χ3v) is 1.81. The fourth-order valence-electron chi connectivity index (χ4n) is 0.645. The van der Waals surface area contributed by atoms with Gasteiger partial charge in [-0.05, 0) is 11.6 Å². The Balaban J connectivity index is 0.000001000. The molecule has 0 N–H and O–H groups in total. The molecule has 1 aromatic rings. The monoisotopic (exact) mass is 281 g/mol. The van der Waals surface area contributed by atoms with E-state index in [4.69, 9.17) is 4.74 Å². The highest BCUT2D eigenvalue weighted by Gasteiger charge is 1.92. The van der Waals surface area contributed by atoms with Crippen LogP contribution in [0.1, 0.15) is 5.56 Å². The van der Waals surface area contributed by atoms with Gasteiger partial charge >= 0.3 is 0 Å². The van der Waals surface area contributed by atoms with Crippen molar-refractivity contribution in [1.82, 2.24) is 4.98 Å². The average molecular weight is 283 g/mol. The van der Waals surface area contributed by atoms with Crippen molar-refractivity contribution in [2.45, 2.75) is 5.33 Å². The molecule has 0 aromatic carbocycles. The quantitative estimate of drug-likeness (QED) is 0.778. The van der Waals surface area contributed by atoms with E-state index in [1.54, 1.807) is 13.3 Å². The average Bonchev–Trinajstić information content (AvgIpc) is 2.05. The molecule has 4 heteroatoms. The number of rotatable bonds is 2. The zero-order chi connectivity index (χ0) is 7.40. The molecule has 0 aliphatic heterocycles. The van der Waals surface area contributed by atoms with Crippen molar-refractivity contribution in [3.05, 3.63) is 23.9 Å². The molecule has 0 saturated carbocycles. The maximum atomic E-state index is 4.92. The molecule has 0 bridgehead atoms. The minimum absolute atomic E-state index is 0. The van der Waals surface area contributed by atoms with Crippen molar-refractivity contribution < 1.29 is 4.74 Å². The fraction of sp³-hybridized carbons (Fsp3) is 0.286. The van der Waals surface area contributed by atoms with E-state index < -0.39 is 0 Å². The fourth-order valence-corrected chi connectivity index (χ4v) is 0.994. The van der Waals surface area contributed by atoms with Gasteiger partial charge in [-0.15, -0.1) is 17.0 Å². The summed E-state index contributed by atoms with van der Waals surface area (Å²) in [5, 5.41) is 0.839. The Morgan fingerprint density at radius 3 is 2.91 bits per heavy atom. The Kier molecular flexibility index (Phi) is 5.50. The minimum atomic E-state index is 0. The molecule has 0 fully saturated rings. The van der Waals surface area contributed by atoms with Crippen LogP contribution in [0.4, 0.5) is 0 Å². The molecule has 1 heterocycles. The standard InChI is InChI=1S/C7H8BrNO.BrH/c1-10-7-4-6(5-8)2-3-9-7;/h2-4H,5H2,1H3;1H. The van der Waals surface area contributed by atoms with Gasteiger partial charge < -0.3 is 4.74 Å². The van der Waals surface area contributed by atoms with Crippen LogP contribution in [-0.4, -0.2) is 12.1 Å². The van der Waals surface area contributed by atoms with Gasteiger partial charge in [0.15, 0.2) is 0 Å². The SMILES string of the molecule is Br.COc1cc(CBr)ccn1. The summed E-state index contributed by atoms with van der Waals surface area (Å²) >= 11 is 3.34. The summed E-state index contributed by atoms with van der Waals surface area (Å²) in [5.74, 6) is 0.664. The second kappa shape index (κ2) is 5.55. The summed E-state index contributed by atoms with van der Waals surface area (Å²) in [5.41, 5.74) is 1.17. The summed E-state index contributed by atoms with van der Waals surface area (Å²) in [6.07, 6.45) is 1.73. The number of nitrogens with zero attached hydrogens (tertiary/aromatic N) is 1. The van der Waals surface area contributed by atoms with Gasteiger partial charge in [-0.1, -0.05) is 15.9 Å². The molecule has 0 spiro atoms. The molecule has 1 aromatic heterocycles. The summed E-state index contributed by atoms with van der Waals surface area (Å²) < 4.78 is 4.92. The van der Waals surface area contributed by atoms with E-state index in [1.807, 2.05) is 12.1 Å². The lowest BCUT2D eigenvalue weighted by atomic mass is 10.3. The van der Waals surface area contributed by atoms with Crippen molar-refractivity contribution >= 4 is 32.9 Å². The van der Waals surface area contributed by atoms with Gasteiger partial charge in [0, 0.05) is 17.6 Å². The van der Waals surface area contributed by atoms with Gasteiger partial charge in [0.2, 0.25) is 5.88 Å². The highest BCUT2D eigenvalue weighted by atomic mass is 79.9. The molecule has 11 heavy (non-hydrogen) atoms. The van der Waals surface area contributed by atoms with Crippen LogP contribution < -0.4 is 4.74 Å². The predicted molar refractivity (Wildman–Crippen MR) is 53.7 cm³/mol. The topological polar surface area (TPSA) is 22.1 Å². The molecule has 0 aliphatic rings. The maximum Gasteiger partial charge on any atom is 0.213 e. The molecule has 0 saturated heterocycles. The molecular weight excluding hydrogens is 274 g/mol. The number of hydrogen-bond acceptors (Lipinski definition) is 2. The van der Waals surface area contributed by atoms with E-state index in [-0.39, 0.29) is 17.0 Å². The summed E-state index contributed by atoms with van der Waals surface area (Å²) in [4.78, 5) is 3.96. The maximum absolute atomic E-state index is 4.92. The van der Waals surface area contributed by atoms with Crippen molar-refractivity contribution in [1.29, 1.82) is 0 Å². The van der Waals surface area contributed by atoms with E-state index in [0.717, 1.165) is 5.33 Å². The molecule has 0 aliphatic carbocycles. The Bertz CT molecular complexity index is 198. The van der Waals surface area contributed by atoms with E-state index in [9.17, 15) is 0 Å². The lowest BCUT2D eigenvalue weighted by Gasteiger charge is -1.98. The number of halogens is 2. The minimum Gasteiger partial charge on any atom is -0.481 e. The molecule has 0 atom stereocenters. The number of pyridine rings is 1. The first kappa shape index (κ1) is 10.9. The smallest absolute Gasteiger partial charge is 0.213 e.